The van der Waals surface area contributed by atoms with Gasteiger partial charge in [-0.15, -0.1) is 0 Å². The Bertz CT molecular complexity index is 503. The maximum absolute atomic E-state index is 10.6. The number of hydrogen-bond acceptors (Lipinski definition) is 6. The van der Waals surface area contributed by atoms with E-state index in [1.54, 1.807) is 0 Å². The Morgan fingerprint density at radius 3 is 2.80 bits per heavy atom. The lowest BCUT2D eigenvalue weighted by Crippen LogP contribution is -2.47. The molecule has 0 bridgehead atoms. The standard InChI is InChI=1S/C12H17ClN4O3/c1-16-4-2-12(18,3-5-16)8-15-11-10(13)6-9(7-14-11)17(19)20/h6-7,18H,2-5,8H2,1H3,(H,14,15). The molecule has 1 saturated heterocycles. The van der Waals surface area contributed by atoms with E-state index in [2.05, 4.69) is 15.2 Å². The van der Waals surface area contributed by atoms with Gasteiger partial charge in [-0.2, -0.15) is 0 Å². The van der Waals surface area contributed by atoms with Gasteiger partial charge in [-0.3, -0.25) is 10.1 Å². The number of nitrogens with zero attached hydrogens (tertiary/aromatic N) is 3. The highest BCUT2D eigenvalue weighted by Gasteiger charge is 2.31. The molecule has 0 radical (unpaired) electrons. The molecule has 0 aromatic carbocycles. The van der Waals surface area contributed by atoms with Gasteiger partial charge in [0.05, 0.1) is 15.5 Å². The number of pyridine rings is 1. The Kier molecular flexibility index (Phi) is 4.42. The Balaban J connectivity index is 1.99. The van der Waals surface area contributed by atoms with E-state index >= 15 is 0 Å². The maximum Gasteiger partial charge on any atom is 0.289 e. The molecule has 1 aromatic rings. The zero-order valence-corrected chi connectivity index (χ0v) is 11.9. The highest BCUT2D eigenvalue weighted by molar-refractivity contribution is 6.33. The van der Waals surface area contributed by atoms with Crippen molar-refractivity contribution < 1.29 is 10.0 Å². The number of nitro groups is 1. The minimum Gasteiger partial charge on any atom is -0.388 e. The first kappa shape index (κ1) is 15.0. The molecule has 0 unspecified atom stereocenters. The highest BCUT2D eigenvalue weighted by atomic mass is 35.5. The van der Waals surface area contributed by atoms with Crippen LogP contribution in [0.25, 0.3) is 0 Å². The molecule has 7 nitrogen and oxygen atoms in total. The SMILES string of the molecule is CN1CCC(O)(CNc2ncc([N+](=O)[O-])cc2Cl)CC1. The van der Waals surface area contributed by atoms with Gasteiger partial charge in [0.15, 0.2) is 0 Å². The van der Waals surface area contributed by atoms with Gasteiger partial charge in [0.25, 0.3) is 5.69 Å². The molecular weight excluding hydrogens is 284 g/mol. The first-order valence-corrected chi connectivity index (χ1v) is 6.72. The van der Waals surface area contributed by atoms with E-state index in [9.17, 15) is 15.2 Å². The first-order chi connectivity index (χ1) is 9.39. The molecule has 8 heteroatoms. The summed E-state index contributed by atoms with van der Waals surface area (Å²) in [5.41, 5.74) is -0.946. The van der Waals surface area contributed by atoms with E-state index in [1.165, 1.54) is 6.07 Å². The van der Waals surface area contributed by atoms with Gasteiger partial charge < -0.3 is 15.3 Å². The number of halogens is 1. The topological polar surface area (TPSA) is 91.5 Å². The lowest BCUT2D eigenvalue weighted by Gasteiger charge is -2.36. The van der Waals surface area contributed by atoms with Gasteiger partial charge in [-0.25, -0.2) is 4.98 Å². The van der Waals surface area contributed by atoms with Crippen LogP contribution in [0, 0.1) is 10.1 Å². The van der Waals surface area contributed by atoms with Crippen molar-refractivity contribution in [2.75, 3.05) is 32.0 Å². The Labute approximate surface area is 121 Å². The number of hydrogen-bond donors (Lipinski definition) is 2. The molecule has 1 aliphatic rings. The molecule has 110 valence electrons. The highest BCUT2D eigenvalue weighted by Crippen LogP contribution is 2.26. The maximum atomic E-state index is 10.6. The Hall–Kier alpha value is -1.44. The average Bonchev–Trinajstić information content (AvgIpc) is 2.41. The molecule has 2 rings (SSSR count). The van der Waals surface area contributed by atoms with Crippen LogP contribution in [0.4, 0.5) is 11.5 Å². The fourth-order valence-corrected chi connectivity index (χ4v) is 2.34. The Morgan fingerprint density at radius 1 is 1.60 bits per heavy atom. The number of aromatic nitrogens is 1. The van der Waals surface area contributed by atoms with Crippen LogP contribution in [0.15, 0.2) is 12.3 Å². The second-order valence-corrected chi connectivity index (χ2v) is 5.57. The van der Waals surface area contributed by atoms with Gasteiger partial charge in [-0.1, -0.05) is 11.6 Å². The number of piperidine rings is 1. The van der Waals surface area contributed by atoms with Gasteiger partial charge in [0.2, 0.25) is 0 Å². The van der Waals surface area contributed by atoms with E-state index in [1.807, 2.05) is 7.05 Å². The molecule has 20 heavy (non-hydrogen) atoms. The molecule has 0 saturated carbocycles. The van der Waals surface area contributed by atoms with Crippen molar-refractivity contribution in [1.29, 1.82) is 0 Å². The van der Waals surface area contributed by atoms with Crippen LogP contribution >= 0.6 is 11.6 Å². The van der Waals surface area contributed by atoms with E-state index in [-0.39, 0.29) is 10.7 Å². The fraction of sp³-hybridized carbons (Fsp3) is 0.583. The smallest absolute Gasteiger partial charge is 0.289 e. The van der Waals surface area contributed by atoms with Crippen LogP contribution < -0.4 is 5.32 Å². The van der Waals surface area contributed by atoms with Crippen molar-refractivity contribution in [2.24, 2.45) is 0 Å². The van der Waals surface area contributed by atoms with Crippen LogP contribution in [0.2, 0.25) is 5.02 Å². The van der Waals surface area contributed by atoms with Gasteiger partial charge in [0.1, 0.15) is 12.0 Å². The normalized spacial score (nSPS) is 18.8. The summed E-state index contributed by atoms with van der Waals surface area (Å²) in [5.74, 6) is 0.351. The summed E-state index contributed by atoms with van der Waals surface area (Å²) in [6.45, 7) is 1.99. The lowest BCUT2D eigenvalue weighted by molar-refractivity contribution is -0.385. The molecule has 0 aliphatic carbocycles. The molecule has 1 fully saturated rings. The molecule has 0 amide bonds. The van der Waals surface area contributed by atoms with E-state index < -0.39 is 10.5 Å². The molecule has 0 spiro atoms. The third-order valence-corrected chi connectivity index (χ3v) is 3.83. The lowest BCUT2D eigenvalue weighted by atomic mass is 9.91. The zero-order chi connectivity index (χ0) is 14.8. The molecule has 1 aromatic heterocycles. The predicted molar refractivity (Wildman–Crippen MR) is 76.1 cm³/mol. The summed E-state index contributed by atoms with van der Waals surface area (Å²) in [4.78, 5) is 16.1. The van der Waals surface area contributed by atoms with Crippen LogP contribution in [-0.4, -0.2) is 52.2 Å². The third kappa shape index (κ3) is 3.56. The van der Waals surface area contributed by atoms with Crippen molar-refractivity contribution in [3.63, 3.8) is 0 Å². The first-order valence-electron chi connectivity index (χ1n) is 6.34. The molecule has 2 N–H and O–H groups in total. The summed E-state index contributed by atoms with van der Waals surface area (Å²) in [7, 11) is 2.02. The predicted octanol–water partition coefficient (Wildman–Crippen LogP) is 1.51. The minimum absolute atomic E-state index is 0.154. The minimum atomic E-state index is -0.792. The van der Waals surface area contributed by atoms with Crippen molar-refractivity contribution in [3.05, 3.63) is 27.4 Å². The van der Waals surface area contributed by atoms with Gasteiger partial charge >= 0.3 is 0 Å². The summed E-state index contributed by atoms with van der Waals surface area (Å²) in [6.07, 6.45) is 2.48. The van der Waals surface area contributed by atoms with E-state index in [0.717, 1.165) is 19.3 Å². The number of nitrogens with one attached hydrogen (secondary N) is 1. The zero-order valence-electron chi connectivity index (χ0n) is 11.2. The number of anilines is 1. The molecule has 2 heterocycles. The average molecular weight is 301 g/mol. The van der Waals surface area contributed by atoms with Crippen molar-refractivity contribution in [1.82, 2.24) is 9.88 Å². The largest absolute Gasteiger partial charge is 0.388 e. The van der Waals surface area contributed by atoms with Crippen molar-refractivity contribution in [2.45, 2.75) is 18.4 Å². The molecule has 1 aliphatic heterocycles. The second kappa shape index (κ2) is 5.90. The summed E-state index contributed by atoms with van der Waals surface area (Å²) in [5, 5.41) is 24.2. The van der Waals surface area contributed by atoms with Crippen molar-refractivity contribution >= 4 is 23.1 Å². The van der Waals surface area contributed by atoms with Crippen LogP contribution in [0.3, 0.4) is 0 Å². The number of likely N-dealkylation sites (tertiary alicyclic amines) is 1. The molecular formula is C12H17ClN4O3. The van der Waals surface area contributed by atoms with Gasteiger partial charge in [-0.05, 0) is 19.9 Å². The second-order valence-electron chi connectivity index (χ2n) is 5.16. The monoisotopic (exact) mass is 300 g/mol. The van der Waals surface area contributed by atoms with E-state index in [0.29, 0.717) is 25.2 Å². The fourth-order valence-electron chi connectivity index (χ4n) is 2.12. The van der Waals surface area contributed by atoms with Crippen molar-refractivity contribution in [3.8, 4) is 0 Å². The quantitative estimate of drug-likeness (QED) is 0.647. The summed E-state index contributed by atoms with van der Waals surface area (Å²) in [6, 6.07) is 1.25. The van der Waals surface area contributed by atoms with E-state index in [4.69, 9.17) is 11.6 Å². The number of aliphatic hydroxyl groups is 1. The van der Waals surface area contributed by atoms with Crippen LogP contribution in [0.1, 0.15) is 12.8 Å². The number of rotatable bonds is 4. The van der Waals surface area contributed by atoms with Gasteiger partial charge in [0, 0.05) is 25.7 Å². The molecule has 0 atom stereocenters. The third-order valence-electron chi connectivity index (χ3n) is 3.54. The van der Waals surface area contributed by atoms with Crippen LogP contribution in [-0.2, 0) is 0 Å². The van der Waals surface area contributed by atoms with Crippen LogP contribution in [0.5, 0.6) is 0 Å². The summed E-state index contributed by atoms with van der Waals surface area (Å²) >= 11 is 5.94. The summed E-state index contributed by atoms with van der Waals surface area (Å²) < 4.78 is 0. The Morgan fingerprint density at radius 2 is 2.25 bits per heavy atom.